The Morgan fingerprint density at radius 3 is 2.38 bits per heavy atom. The van der Waals surface area contributed by atoms with E-state index in [0.717, 1.165) is 22.2 Å². The minimum Gasteiger partial charge on any atom is -0.496 e. The predicted molar refractivity (Wildman–Crippen MR) is 123 cm³/mol. The fraction of sp³-hybridized carbons (Fsp3) is 0.240. The molecule has 7 heteroatoms. The van der Waals surface area contributed by atoms with Crippen LogP contribution >= 0.6 is 0 Å². The quantitative estimate of drug-likeness (QED) is 0.159. The smallest absolute Gasteiger partial charge is 0.332 e. The van der Waals surface area contributed by atoms with E-state index in [2.05, 4.69) is 0 Å². The van der Waals surface area contributed by atoms with Crippen molar-refractivity contribution >= 4 is 27.5 Å². The molecule has 7 nitrogen and oxygen atoms in total. The molecule has 0 radical (unpaired) electrons. The molecule has 3 rings (SSSR count). The van der Waals surface area contributed by atoms with Crippen molar-refractivity contribution in [1.29, 1.82) is 0 Å². The number of hydrogen-bond acceptors (Lipinski definition) is 6. The summed E-state index contributed by atoms with van der Waals surface area (Å²) in [6, 6.07) is 11.2. The van der Waals surface area contributed by atoms with E-state index in [1.807, 2.05) is 37.3 Å². The summed E-state index contributed by atoms with van der Waals surface area (Å²) in [5.74, 6) is 1.18. The lowest BCUT2D eigenvalue weighted by molar-refractivity contribution is -0.131. The molecular formula is C25H26O7. The van der Waals surface area contributed by atoms with Crippen LogP contribution in [0.3, 0.4) is 0 Å². The second-order valence-electron chi connectivity index (χ2n) is 6.96. The van der Waals surface area contributed by atoms with Crippen LogP contribution in [-0.4, -0.2) is 39.2 Å². The van der Waals surface area contributed by atoms with Gasteiger partial charge in [0.05, 0.1) is 31.1 Å². The molecule has 0 fully saturated rings. The van der Waals surface area contributed by atoms with Crippen LogP contribution in [0.4, 0.5) is 0 Å². The Balaban J connectivity index is 2.37. The lowest BCUT2D eigenvalue weighted by Gasteiger charge is -2.19. The van der Waals surface area contributed by atoms with Gasteiger partial charge in [0.25, 0.3) is 0 Å². The normalized spacial score (nSPS) is 12.2. The van der Waals surface area contributed by atoms with Crippen LogP contribution in [0.1, 0.15) is 13.8 Å². The first-order valence-corrected chi connectivity index (χ1v) is 9.92. The van der Waals surface area contributed by atoms with Crippen LogP contribution in [0.15, 0.2) is 59.9 Å². The fourth-order valence-electron chi connectivity index (χ4n) is 3.43. The highest BCUT2D eigenvalue weighted by Gasteiger charge is 2.19. The van der Waals surface area contributed by atoms with Gasteiger partial charge in [-0.25, -0.2) is 4.79 Å². The molecule has 0 bridgehead atoms. The topological polar surface area (TPSA) is 83.5 Å². The number of rotatable bonds is 9. The van der Waals surface area contributed by atoms with Gasteiger partial charge in [-0.1, -0.05) is 18.2 Å². The summed E-state index contributed by atoms with van der Waals surface area (Å²) in [6.45, 7) is 3.64. The first kappa shape index (κ1) is 23.0. The van der Waals surface area contributed by atoms with Gasteiger partial charge >= 0.3 is 5.97 Å². The first-order chi connectivity index (χ1) is 15.4. The summed E-state index contributed by atoms with van der Waals surface area (Å²) in [5, 5.41) is 12.5. The van der Waals surface area contributed by atoms with Gasteiger partial charge in [0.15, 0.2) is 6.79 Å². The van der Waals surface area contributed by atoms with Crippen LogP contribution in [0.25, 0.3) is 21.5 Å². The number of allylic oxidation sites excluding steroid dienone is 2. The molecule has 0 spiro atoms. The number of fused-ring (bicyclic) bond motifs is 2. The van der Waals surface area contributed by atoms with E-state index in [0.29, 0.717) is 34.0 Å². The molecule has 0 aromatic heterocycles. The zero-order valence-corrected chi connectivity index (χ0v) is 18.7. The van der Waals surface area contributed by atoms with Gasteiger partial charge in [0.2, 0.25) is 0 Å². The summed E-state index contributed by atoms with van der Waals surface area (Å²) in [5.41, 5.74) is 0.668. The third kappa shape index (κ3) is 4.63. The SMILES string of the molecule is C/C=C(C)/C(=C/C(=O)O)Oc1cc(OCOC)cc2cc3cccc(OC)c3c(OC)c12. The van der Waals surface area contributed by atoms with E-state index < -0.39 is 5.97 Å². The number of methoxy groups -OCH3 is 3. The van der Waals surface area contributed by atoms with Crippen LogP contribution < -0.4 is 18.9 Å². The molecule has 0 amide bonds. The molecule has 1 N–H and O–H groups in total. The van der Waals surface area contributed by atoms with Gasteiger partial charge in [0, 0.05) is 13.2 Å². The molecule has 0 atom stereocenters. The minimum absolute atomic E-state index is 0.0508. The molecule has 0 aliphatic rings. The highest BCUT2D eigenvalue weighted by Crippen LogP contribution is 2.46. The zero-order valence-electron chi connectivity index (χ0n) is 18.7. The highest BCUT2D eigenvalue weighted by atomic mass is 16.7. The number of ether oxygens (including phenoxy) is 5. The van der Waals surface area contributed by atoms with E-state index in [1.165, 1.54) is 7.11 Å². The second kappa shape index (κ2) is 10.1. The Kier molecular flexibility index (Phi) is 7.22. The number of benzene rings is 3. The van der Waals surface area contributed by atoms with Crippen LogP contribution in [-0.2, 0) is 9.53 Å². The van der Waals surface area contributed by atoms with Crippen LogP contribution in [0.2, 0.25) is 0 Å². The van der Waals surface area contributed by atoms with E-state index in [1.54, 1.807) is 33.3 Å². The predicted octanol–water partition coefficient (Wildman–Crippen LogP) is 5.31. The average molecular weight is 438 g/mol. The van der Waals surface area contributed by atoms with Gasteiger partial charge in [0.1, 0.15) is 28.8 Å². The number of carboxylic acids is 1. The van der Waals surface area contributed by atoms with Crippen LogP contribution in [0, 0.1) is 0 Å². The minimum atomic E-state index is -1.11. The Morgan fingerprint density at radius 2 is 1.75 bits per heavy atom. The third-order valence-electron chi connectivity index (χ3n) is 4.99. The Labute approximate surface area is 186 Å². The maximum absolute atomic E-state index is 11.4. The lowest BCUT2D eigenvalue weighted by Crippen LogP contribution is -2.04. The molecule has 0 saturated heterocycles. The molecule has 0 saturated carbocycles. The van der Waals surface area contributed by atoms with Gasteiger partial charge in [-0.3, -0.25) is 0 Å². The molecule has 168 valence electrons. The third-order valence-corrected chi connectivity index (χ3v) is 4.99. The van der Waals surface area contributed by atoms with Crippen molar-refractivity contribution < 1.29 is 33.6 Å². The van der Waals surface area contributed by atoms with Crippen molar-refractivity contribution in [3.05, 3.63) is 59.9 Å². The monoisotopic (exact) mass is 438 g/mol. The Bertz CT molecular complexity index is 1210. The molecule has 0 aliphatic carbocycles. The highest BCUT2D eigenvalue weighted by molar-refractivity contribution is 6.10. The van der Waals surface area contributed by atoms with Crippen molar-refractivity contribution in [3.8, 4) is 23.0 Å². The van der Waals surface area contributed by atoms with Crippen molar-refractivity contribution in [3.63, 3.8) is 0 Å². The Hall–Kier alpha value is -3.71. The molecular weight excluding hydrogens is 412 g/mol. The number of hydrogen-bond donors (Lipinski definition) is 1. The Morgan fingerprint density at radius 1 is 1.00 bits per heavy atom. The second-order valence-corrected chi connectivity index (χ2v) is 6.96. The maximum Gasteiger partial charge on any atom is 0.332 e. The summed E-state index contributed by atoms with van der Waals surface area (Å²) in [6.07, 6.45) is 2.80. The van der Waals surface area contributed by atoms with Crippen molar-refractivity contribution in [1.82, 2.24) is 0 Å². The average Bonchev–Trinajstić information content (AvgIpc) is 2.79. The number of carboxylic acid groups (broad SMARTS) is 1. The van der Waals surface area contributed by atoms with E-state index in [4.69, 9.17) is 23.7 Å². The molecule has 0 unspecified atom stereocenters. The van der Waals surface area contributed by atoms with Crippen molar-refractivity contribution in [2.45, 2.75) is 13.8 Å². The van der Waals surface area contributed by atoms with Crippen molar-refractivity contribution in [2.75, 3.05) is 28.1 Å². The van der Waals surface area contributed by atoms with Gasteiger partial charge in [-0.15, -0.1) is 0 Å². The fourth-order valence-corrected chi connectivity index (χ4v) is 3.43. The van der Waals surface area contributed by atoms with Crippen molar-refractivity contribution in [2.24, 2.45) is 0 Å². The van der Waals surface area contributed by atoms with Gasteiger partial charge in [-0.2, -0.15) is 0 Å². The van der Waals surface area contributed by atoms with Gasteiger partial charge in [-0.05, 0) is 48.4 Å². The van der Waals surface area contributed by atoms with Crippen LogP contribution in [0.5, 0.6) is 23.0 Å². The molecule has 32 heavy (non-hydrogen) atoms. The first-order valence-electron chi connectivity index (χ1n) is 9.92. The summed E-state index contributed by atoms with van der Waals surface area (Å²) < 4.78 is 28.2. The largest absolute Gasteiger partial charge is 0.496 e. The van der Waals surface area contributed by atoms with Gasteiger partial charge < -0.3 is 28.8 Å². The van der Waals surface area contributed by atoms with E-state index in [-0.39, 0.29) is 12.6 Å². The zero-order chi connectivity index (χ0) is 23.3. The number of aliphatic carboxylic acids is 1. The van der Waals surface area contributed by atoms with E-state index >= 15 is 0 Å². The standard InChI is InChI=1S/C25H26O7/c1-6-15(2)20(13-22(26)27)32-21-12-18(31-14-28-3)11-17-10-16-8-7-9-19(29-4)23(16)25(30-5)24(17)21/h6-13H,14H2,1-5H3,(H,26,27)/b15-6+,20-13-. The summed E-state index contributed by atoms with van der Waals surface area (Å²) in [7, 11) is 4.70. The summed E-state index contributed by atoms with van der Waals surface area (Å²) in [4.78, 5) is 11.4. The molecule has 0 heterocycles. The van der Waals surface area contributed by atoms with E-state index in [9.17, 15) is 9.90 Å². The maximum atomic E-state index is 11.4. The number of carbonyl (C=O) groups is 1. The molecule has 3 aromatic rings. The molecule has 3 aromatic carbocycles. The molecule has 0 aliphatic heterocycles. The lowest BCUT2D eigenvalue weighted by atomic mass is 10.00. The summed E-state index contributed by atoms with van der Waals surface area (Å²) >= 11 is 0.